The summed E-state index contributed by atoms with van der Waals surface area (Å²) in [6.07, 6.45) is -4.99. The summed E-state index contributed by atoms with van der Waals surface area (Å²) in [5.41, 5.74) is 0. The van der Waals surface area contributed by atoms with Crippen LogP contribution in [0.2, 0.25) is 0 Å². The van der Waals surface area contributed by atoms with Crippen LogP contribution in [0, 0.1) is 0 Å². The van der Waals surface area contributed by atoms with Crippen molar-refractivity contribution in [2.45, 2.75) is 51.2 Å². The lowest BCUT2D eigenvalue weighted by Crippen LogP contribution is -2.64. The van der Waals surface area contributed by atoms with Crippen LogP contribution in [0.1, 0.15) is 20.8 Å². The number of carbonyl (C=O) groups excluding carboxylic acids is 1. The average molecular weight is 355 g/mol. The second-order valence-corrected chi connectivity index (χ2v) is 7.34. The third-order valence-corrected chi connectivity index (χ3v) is 5.56. The molecule has 0 saturated carbocycles. The number of aliphatic hydroxyl groups is 3. The van der Waals surface area contributed by atoms with Gasteiger partial charge in [-0.05, 0) is 13.8 Å². The van der Waals surface area contributed by atoms with Crippen molar-refractivity contribution >= 4 is 13.5 Å². The van der Waals surface area contributed by atoms with E-state index in [0.29, 0.717) is 0 Å². The predicted octanol–water partition coefficient (Wildman–Crippen LogP) is -0.761. The van der Waals surface area contributed by atoms with E-state index in [0.717, 1.165) is 0 Å². The molecule has 136 valence electrons. The molecule has 1 aliphatic rings. The molecule has 0 aromatic rings. The molecule has 4 N–H and O–H groups in total. The van der Waals surface area contributed by atoms with Crippen molar-refractivity contribution in [1.29, 1.82) is 0 Å². The summed E-state index contributed by atoms with van der Waals surface area (Å²) in [5, 5.41) is 31.8. The summed E-state index contributed by atoms with van der Waals surface area (Å²) in [7, 11) is -3.50. The van der Waals surface area contributed by atoms with Gasteiger partial charge < -0.3 is 34.4 Å². The van der Waals surface area contributed by atoms with E-state index < -0.39 is 50.6 Å². The zero-order chi connectivity index (χ0) is 17.6. The standard InChI is InChI=1S/C13H26NO8P/c1-4-20-23(19,21-5-2)7-10-11(14-8(3)16)13(18)12(17)9(6-15)22-10/h9-13,15,17-18H,4-7H2,1-3H3,(H,14,16)/t9-,10+,11-,12-,13-/m1/s1. The lowest BCUT2D eigenvalue weighted by molar-refractivity contribution is -0.190. The van der Waals surface area contributed by atoms with Gasteiger partial charge >= 0.3 is 7.60 Å². The Bertz CT molecular complexity index is 424. The number of ether oxygens (including phenoxy) is 1. The third-order valence-electron chi connectivity index (χ3n) is 3.45. The highest BCUT2D eigenvalue weighted by molar-refractivity contribution is 7.53. The Kier molecular flexibility index (Phi) is 8.09. The molecule has 0 unspecified atom stereocenters. The van der Waals surface area contributed by atoms with Crippen molar-refractivity contribution < 1.29 is 38.5 Å². The molecule has 1 fully saturated rings. The van der Waals surface area contributed by atoms with E-state index in [1.807, 2.05) is 0 Å². The van der Waals surface area contributed by atoms with Gasteiger partial charge in [-0.15, -0.1) is 0 Å². The Morgan fingerprint density at radius 3 is 2.17 bits per heavy atom. The van der Waals surface area contributed by atoms with Gasteiger partial charge in [0, 0.05) is 6.92 Å². The number of hydrogen-bond donors (Lipinski definition) is 4. The summed E-state index contributed by atoms with van der Waals surface area (Å²) in [6.45, 7) is 4.35. The molecule has 0 aromatic carbocycles. The number of hydrogen-bond acceptors (Lipinski definition) is 8. The number of rotatable bonds is 8. The van der Waals surface area contributed by atoms with Crippen LogP contribution in [0.15, 0.2) is 0 Å². The van der Waals surface area contributed by atoms with Crippen LogP contribution in [0.3, 0.4) is 0 Å². The lowest BCUT2D eigenvalue weighted by Gasteiger charge is -2.43. The maximum atomic E-state index is 12.7. The minimum atomic E-state index is -3.50. The molecular formula is C13H26NO8P. The first-order valence-electron chi connectivity index (χ1n) is 7.55. The molecule has 1 heterocycles. The highest BCUT2D eigenvalue weighted by Crippen LogP contribution is 2.50. The molecule has 0 bridgehead atoms. The van der Waals surface area contributed by atoms with Crippen LogP contribution in [-0.2, 0) is 23.1 Å². The largest absolute Gasteiger partial charge is 0.394 e. The maximum Gasteiger partial charge on any atom is 0.333 e. The quantitative estimate of drug-likeness (QED) is 0.417. The van der Waals surface area contributed by atoms with E-state index in [9.17, 15) is 24.7 Å². The monoisotopic (exact) mass is 355 g/mol. The second-order valence-electron chi connectivity index (χ2n) is 5.23. The van der Waals surface area contributed by atoms with Crippen LogP contribution in [-0.4, -0.2) is 77.7 Å². The molecular weight excluding hydrogens is 329 g/mol. The smallest absolute Gasteiger partial charge is 0.333 e. The van der Waals surface area contributed by atoms with Gasteiger partial charge in [-0.2, -0.15) is 0 Å². The van der Waals surface area contributed by atoms with Gasteiger partial charge in [-0.3, -0.25) is 9.36 Å². The van der Waals surface area contributed by atoms with Gasteiger partial charge in [0.2, 0.25) is 5.91 Å². The van der Waals surface area contributed by atoms with Gasteiger partial charge in [0.1, 0.15) is 18.3 Å². The van der Waals surface area contributed by atoms with Crippen LogP contribution in [0.25, 0.3) is 0 Å². The molecule has 1 aliphatic heterocycles. The second kappa shape index (κ2) is 9.08. The highest BCUT2D eigenvalue weighted by atomic mass is 31.2. The Morgan fingerprint density at radius 1 is 1.17 bits per heavy atom. The molecule has 5 atom stereocenters. The van der Waals surface area contributed by atoms with Crippen molar-refractivity contribution in [3.63, 3.8) is 0 Å². The molecule has 9 nitrogen and oxygen atoms in total. The van der Waals surface area contributed by atoms with Crippen molar-refractivity contribution in [3.8, 4) is 0 Å². The number of carbonyl (C=O) groups is 1. The lowest BCUT2D eigenvalue weighted by atomic mass is 9.93. The van der Waals surface area contributed by atoms with Crippen LogP contribution in [0.5, 0.6) is 0 Å². The molecule has 23 heavy (non-hydrogen) atoms. The minimum absolute atomic E-state index is 0.156. The third kappa shape index (κ3) is 5.49. The van der Waals surface area contributed by atoms with E-state index in [1.165, 1.54) is 6.92 Å². The molecule has 0 spiro atoms. The van der Waals surface area contributed by atoms with Gasteiger partial charge in [-0.1, -0.05) is 0 Å². The molecule has 10 heteroatoms. The van der Waals surface area contributed by atoms with Gasteiger partial charge in [0.25, 0.3) is 0 Å². The molecule has 0 radical (unpaired) electrons. The number of amides is 1. The number of nitrogens with one attached hydrogen (secondary N) is 1. The van der Waals surface area contributed by atoms with E-state index >= 15 is 0 Å². The fourth-order valence-electron chi connectivity index (χ4n) is 2.52. The van der Waals surface area contributed by atoms with Crippen molar-refractivity contribution in [3.05, 3.63) is 0 Å². The SMILES string of the molecule is CCOP(=O)(C[C@@H]1O[C@H](CO)[C@@H](O)[C@H](O)[C@@H]1NC(C)=O)OCC. The van der Waals surface area contributed by atoms with Gasteiger partial charge in [0.05, 0.1) is 38.1 Å². The summed E-state index contributed by atoms with van der Waals surface area (Å²) in [6, 6.07) is -1.00. The fraction of sp³-hybridized carbons (Fsp3) is 0.923. The molecule has 0 aromatic heterocycles. The van der Waals surface area contributed by atoms with Crippen LogP contribution in [0.4, 0.5) is 0 Å². The van der Waals surface area contributed by atoms with Crippen molar-refractivity contribution in [2.75, 3.05) is 26.0 Å². The van der Waals surface area contributed by atoms with Crippen molar-refractivity contribution in [1.82, 2.24) is 5.32 Å². The summed E-state index contributed by atoms with van der Waals surface area (Å²) in [4.78, 5) is 11.3. The summed E-state index contributed by atoms with van der Waals surface area (Å²) in [5.74, 6) is -0.444. The van der Waals surface area contributed by atoms with Gasteiger partial charge in [-0.25, -0.2) is 0 Å². The Labute approximate surface area is 135 Å². The zero-order valence-corrected chi connectivity index (χ0v) is 14.4. The van der Waals surface area contributed by atoms with E-state index in [2.05, 4.69) is 5.32 Å². The first-order chi connectivity index (χ1) is 10.8. The number of aliphatic hydroxyl groups excluding tert-OH is 3. The zero-order valence-electron chi connectivity index (χ0n) is 13.5. The average Bonchev–Trinajstić information content (AvgIpc) is 2.46. The van der Waals surface area contributed by atoms with E-state index in [1.54, 1.807) is 13.8 Å². The first kappa shape index (κ1) is 20.5. The maximum absolute atomic E-state index is 12.7. The highest BCUT2D eigenvalue weighted by Gasteiger charge is 2.47. The molecule has 1 rings (SSSR count). The Hall–Kier alpha value is -0.540. The molecule has 1 amide bonds. The van der Waals surface area contributed by atoms with Crippen molar-refractivity contribution in [2.24, 2.45) is 0 Å². The normalized spacial score (nSPS) is 31.8. The topological polar surface area (TPSA) is 135 Å². The van der Waals surface area contributed by atoms with E-state index in [-0.39, 0.29) is 19.4 Å². The van der Waals surface area contributed by atoms with Crippen LogP contribution < -0.4 is 5.32 Å². The Morgan fingerprint density at radius 2 is 1.74 bits per heavy atom. The predicted molar refractivity (Wildman–Crippen MR) is 81.1 cm³/mol. The first-order valence-corrected chi connectivity index (χ1v) is 9.28. The fourth-order valence-corrected chi connectivity index (χ4v) is 4.35. The summed E-state index contributed by atoms with van der Waals surface area (Å²) >= 11 is 0. The molecule has 0 aliphatic carbocycles. The summed E-state index contributed by atoms with van der Waals surface area (Å²) < 4.78 is 28.5. The Balaban J connectivity index is 3.00. The minimum Gasteiger partial charge on any atom is -0.394 e. The van der Waals surface area contributed by atoms with Crippen LogP contribution >= 0.6 is 7.60 Å². The van der Waals surface area contributed by atoms with Gasteiger partial charge in [0.15, 0.2) is 0 Å². The van der Waals surface area contributed by atoms with E-state index in [4.69, 9.17) is 13.8 Å². The molecule has 1 saturated heterocycles.